The molecule has 0 atom stereocenters. The lowest BCUT2D eigenvalue weighted by Crippen LogP contribution is -1.94. The second-order valence-corrected chi connectivity index (χ2v) is 12.5. The fraction of sp³-hybridized carbons (Fsp3) is 0. The number of rotatable bonds is 4. The highest BCUT2D eigenvalue weighted by molar-refractivity contribution is 6.22. The van der Waals surface area contributed by atoms with E-state index in [1.165, 1.54) is 16.2 Å². The van der Waals surface area contributed by atoms with Gasteiger partial charge in [-0.25, -0.2) is 0 Å². The van der Waals surface area contributed by atoms with Crippen molar-refractivity contribution >= 4 is 71.0 Å². The first kappa shape index (κ1) is 27.4. The lowest BCUT2D eigenvalue weighted by Gasteiger charge is -2.10. The summed E-state index contributed by atoms with van der Waals surface area (Å²) in [6, 6.07) is 53.3. The van der Waals surface area contributed by atoms with Crippen molar-refractivity contribution in [3.63, 3.8) is 0 Å². The van der Waals surface area contributed by atoms with Gasteiger partial charge in [0.25, 0.3) is 5.69 Å². The van der Waals surface area contributed by atoms with Gasteiger partial charge in [-0.3, -0.25) is 10.1 Å². The van der Waals surface area contributed by atoms with Gasteiger partial charge >= 0.3 is 0 Å². The van der Waals surface area contributed by atoms with Gasteiger partial charge in [-0.2, -0.15) is 0 Å². The molecule has 0 fully saturated rings. The zero-order valence-corrected chi connectivity index (χ0v) is 26.1. The second-order valence-electron chi connectivity index (χ2n) is 12.5. The molecule has 0 unspecified atom stereocenters. The molecule has 8 aromatic carbocycles. The molecule has 0 saturated heterocycles. The third kappa shape index (κ3) is 4.06. The number of nitro groups is 1. The Morgan fingerprint density at radius 3 is 2.04 bits per heavy atom. The normalized spacial score (nSPS) is 11.8. The molecule has 0 amide bonds. The molecule has 10 aromatic rings. The Kier molecular flexibility index (Phi) is 5.81. The average Bonchev–Trinajstić information content (AvgIpc) is 3.71. The number of hydrogen-bond donors (Lipinski definition) is 0. The molecule has 230 valence electrons. The predicted molar refractivity (Wildman–Crippen MR) is 201 cm³/mol. The SMILES string of the molecule is O=[N+]([O-])c1ccc(-c2ccc3c(c2)c2c4ccccc4ccc2n3-c2ccccc2)cc1-c1cccc2oc3c4ccccc4ccc3c12. The number of benzene rings is 8. The summed E-state index contributed by atoms with van der Waals surface area (Å²) in [6.07, 6.45) is 0. The van der Waals surface area contributed by atoms with E-state index in [1.54, 1.807) is 6.07 Å². The van der Waals surface area contributed by atoms with Gasteiger partial charge in [-0.15, -0.1) is 0 Å². The molecule has 0 radical (unpaired) electrons. The van der Waals surface area contributed by atoms with Gasteiger partial charge in [0, 0.05) is 44.2 Å². The van der Waals surface area contributed by atoms with Crippen molar-refractivity contribution in [3.05, 3.63) is 168 Å². The smallest absolute Gasteiger partial charge is 0.277 e. The Hall–Kier alpha value is -6.72. The third-order valence-electron chi connectivity index (χ3n) is 9.87. The van der Waals surface area contributed by atoms with Crippen molar-refractivity contribution in [2.24, 2.45) is 0 Å². The summed E-state index contributed by atoms with van der Waals surface area (Å²) in [5.41, 5.74) is 8.08. The Bertz CT molecular complexity index is 2970. The van der Waals surface area contributed by atoms with Gasteiger partial charge in [0.15, 0.2) is 0 Å². The van der Waals surface area contributed by atoms with Crippen LogP contribution in [-0.2, 0) is 0 Å². The molecule has 5 nitrogen and oxygen atoms in total. The van der Waals surface area contributed by atoms with E-state index >= 15 is 0 Å². The second kappa shape index (κ2) is 10.4. The van der Waals surface area contributed by atoms with E-state index in [4.69, 9.17) is 4.42 Å². The molecule has 0 saturated carbocycles. The van der Waals surface area contributed by atoms with E-state index in [9.17, 15) is 10.1 Å². The summed E-state index contributed by atoms with van der Waals surface area (Å²) in [5, 5.41) is 21.1. The minimum Gasteiger partial charge on any atom is -0.455 e. The molecule has 2 aromatic heterocycles. The number of aromatic nitrogens is 1. The molecule has 0 bridgehead atoms. The number of furan rings is 1. The van der Waals surface area contributed by atoms with Crippen molar-refractivity contribution in [2.45, 2.75) is 0 Å². The van der Waals surface area contributed by atoms with E-state index in [0.717, 1.165) is 65.9 Å². The zero-order valence-electron chi connectivity index (χ0n) is 26.1. The van der Waals surface area contributed by atoms with Crippen LogP contribution in [0.2, 0.25) is 0 Å². The standard InChI is InChI=1S/C44H26N2O3/c47-46(48)39-23-20-29(25-36(39)34-15-8-16-41-43(34)35-21-17-28-10-5-7-14-33(28)44(35)49-41)30-19-22-38-37(26-30)42-32-13-6-4-9-27(32)18-24-40(42)45(38)31-11-2-1-3-12-31/h1-26H. The van der Waals surface area contributed by atoms with E-state index in [1.807, 2.05) is 48.5 Å². The average molecular weight is 631 g/mol. The molecule has 5 heteroatoms. The monoisotopic (exact) mass is 630 g/mol. The van der Waals surface area contributed by atoms with Crippen LogP contribution in [0, 0.1) is 10.1 Å². The van der Waals surface area contributed by atoms with Crippen LogP contribution < -0.4 is 0 Å². The molecule has 49 heavy (non-hydrogen) atoms. The molecule has 0 aliphatic heterocycles. The van der Waals surface area contributed by atoms with Crippen molar-refractivity contribution < 1.29 is 9.34 Å². The Labute approximate surface area is 280 Å². The maximum Gasteiger partial charge on any atom is 0.277 e. The van der Waals surface area contributed by atoms with Crippen LogP contribution in [0.1, 0.15) is 0 Å². The fourth-order valence-electron chi connectivity index (χ4n) is 7.69. The van der Waals surface area contributed by atoms with Crippen LogP contribution >= 0.6 is 0 Å². The maximum atomic E-state index is 12.5. The van der Waals surface area contributed by atoms with E-state index in [2.05, 4.69) is 108 Å². The molecule has 0 aliphatic carbocycles. The minimum absolute atomic E-state index is 0.0548. The fourth-order valence-corrected chi connectivity index (χ4v) is 7.69. The van der Waals surface area contributed by atoms with Crippen LogP contribution in [0.5, 0.6) is 0 Å². The summed E-state index contributed by atoms with van der Waals surface area (Å²) >= 11 is 0. The van der Waals surface area contributed by atoms with E-state index in [-0.39, 0.29) is 10.6 Å². The van der Waals surface area contributed by atoms with Crippen LogP contribution in [0.15, 0.2) is 162 Å². The molecular weight excluding hydrogens is 604 g/mol. The molecular formula is C44H26N2O3. The minimum atomic E-state index is -0.293. The number of para-hydroxylation sites is 1. The lowest BCUT2D eigenvalue weighted by molar-refractivity contribution is -0.384. The Morgan fingerprint density at radius 1 is 0.510 bits per heavy atom. The summed E-state index contributed by atoms with van der Waals surface area (Å²) in [5.74, 6) is 0. The first-order chi connectivity index (χ1) is 24.1. The molecule has 0 aliphatic rings. The van der Waals surface area contributed by atoms with E-state index < -0.39 is 0 Å². The van der Waals surface area contributed by atoms with Gasteiger partial charge in [0.05, 0.1) is 21.5 Å². The number of fused-ring (bicyclic) bond motifs is 10. The number of nitro benzene ring substituents is 1. The van der Waals surface area contributed by atoms with E-state index in [0.29, 0.717) is 11.1 Å². The van der Waals surface area contributed by atoms with Crippen LogP contribution in [0.3, 0.4) is 0 Å². The van der Waals surface area contributed by atoms with Crippen LogP contribution in [-0.4, -0.2) is 9.49 Å². The molecule has 10 rings (SSSR count). The quantitative estimate of drug-likeness (QED) is 0.144. The van der Waals surface area contributed by atoms with Crippen molar-refractivity contribution in [2.75, 3.05) is 0 Å². The van der Waals surface area contributed by atoms with Gasteiger partial charge < -0.3 is 8.98 Å². The topological polar surface area (TPSA) is 61.2 Å². The zero-order chi connectivity index (χ0) is 32.6. The maximum absolute atomic E-state index is 12.5. The first-order valence-electron chi connectivity index (χ1n) is 16.3. The predicted octanol–water partition coefficient (Wildman–Crippen LogP) is 12.2. The summed E-state index contributed by atoms with van der Waals surface area (Å²) in [6.45, 7) is 0. The first-order valence-corrected chi connectivity index (χ1v) is 16.3. The largest absolute Gasteiger partial charge is 0.455 e. The van der Waals surface area contributed by atoms with Gasteiger partial charge in [-0.05, 0) is 81.9 Å². The molecule has 2 heterocycles. The summed E-state index contributed by atoms with van der Waals surface area (Å²) in [7, 11) is 0. The van der Waals surface area contributed by atoms with Crippen molar-refractivity contribution in [3.8, 4) is 27.9 Å². The van der Waals surface area contributed by atoms with Gasteiger partial charge in [0.1, 0.15) is 11.2 Å². The number of nitrogens with zero attached hydrogens (tertiary/aromatic N) is 2. The van der Waals surface area contributed by atoms with Crippen molar-refractivity contribution in [1.82, 2.24) is 4.57 Å². The Balaban J connectivity index is 1.23. The third-order valence-corrected chi connectivity index (χ3v) is 9.87. The molecule has 0 N–H and O–H groups in total. The highest BCUT2D eigenvalue weighted by Gasteiger charge is 2.22. The van der Waals surface area contributed by atoms with Gasteiger partial charge in [-0.1, -0.05) is 97.1 Å². The Morgan fingerprint density at radius 2 is 1.20 bits per heavy atom. The lowest BCUT2D eigenvalue weighted by atomic mass is 9.93. The molecule has 0 spiro atoms. The number of hydrogen-bond acceptors (Lipinski definition) is 3. The highest BCUT2D eigenvalue weighted by Crippen LogP contribution is 2.44. The van der Waals surface area contributed by atoms with Crippen LogP contribution in [0.25, 0.3) is 93.2 Å². The summed E-state index contributed by atoms with van der Waals surface area (Å²) < 4.78 is 8.75. The summed E-state index contributed by atoms with van der Waals surface area (Å²) in [4.78, 5) is 12.2. The van der Waals surface area contributed by atoms with Gasteiger partial charge in [0.2, 0.25) is 0 Å². The van der Waals surface area contributed by atoms with Crippen LogP contribution in [0.4, 0.5) is 5.69 Å². The van der Waals surface area contributed by atoms with Crippen molar-refractivity contribution in [1.29, 1.82) is 0 Å². The highest BCUT2D eigenvalue weighted by atomic mass is 16.6.